The molecular weight excluding hydrogens is 628 g/mol. The van der Waals surface area contributed by atoms with Crippen molar-refractivity contribution in [1.29, 1.82) is 0 Å². The molecule has 0 atom stereocenters. The van der Waals surface area contributed by atoms with Gasteiger partial charge in [0.25, 0.3) is 5.91 Å². The Hall–Kier alpha value is -3.55. The topological polar surface area (TPSA) is 119 Å². The number of benzene rings is 5. The van der Waals surface area contributed by atoms with Crippen molar-refractivity contribution in [3.63, 3.8) is 0 Å². The maximum Gasteiger partial charge on any atom is 0.258 e. The van der Waals surface area contributed by atoms with E-state index in [1.54, 1.807) is 12.1 Å². The van der Waals surface area contributed by atoms with Gasteiger partial charge in [-0.05, 0) is 66.2 Å². The molecule has 0 saturated carbocycles. The summed E-state index contributed by atoms with van der Waals surface area (Å²) in [5.41, 5.74) is 1.99. The Morgan fingerprint density at radius 2 is 0.953 bits per heavy atom. The van der Waals surface area contributed by atoms with Crippen LogP contribution in [0.15, 0.2) is 151 Å². The third-order valence-corrected chi connectivity index (χ3v) is 11.4. The van der Waals surface area contributed by atoms with E-state index in [-0.39, 0.29) is 5.91 Å². The molecule has 5 aromatic rings. The predicted octanol–water partition coefficient (Wildman–Crippen LogP) is 3.51. The molecule has 218 valence electrons. The molecular formula is C33H26Cl3NO5P+. The van der Waals surface area contributed by atoms with Crippen LogP contribution >= 0.6 is 30.5 Å². The first-order chi connectivity index (χ1) is 20.6. The molecule has 0 radical (unpaired) electrons. The zero-order valence-electron chi connectivity index (χ0n) is 22.5. The van der Waals surface area contributed by atoms with Gasteiger partial charge in [-0.15, -0.1) is 0 Å². The molecule has 0 heterocycles. The van der Waals surface area contributed by atoms with Crippen LogP contribution in [0.25, 0.3) is 5.03 Å². The second-order valence-electron chi connectivity index (χ2n) is 9.06. The molecule has 43 heavy (non-hydrogen) atoms. The standard InChI is InChI=1S/C33H24Cl2NOP.ClHO4/c34-27-23-21-25(22-24-27)31(35)33(36-32(37)26-13-5-1-6-14-26)38(28-15-7-2-8-16-28,29-17-9-3-10-18-29)30-19-11-4-12-20-30;2-1(3,4)5/h1-24H;(H,2,3,4,5)/p+1/b33-31+;. The Labute approximate surface area is 262 Å². The van der Waals surface area contributed by atoms with Crippen LogP contribution in [0, 0.1) is 10.2 Å². The van der Waals surface area contributed by atoms with Crippen molar-refractivity contribution in [2.45, 2.75) is 0 Å². The molecule has 1 amide bonds. The SMILES string of the molecule is O=C(N/C(=C(\Cl)c1ccc(Cl)cc1)[P+](c1ccccc1)(c1ccccc1)c1ccccc1)c1ccccc1.[O-][Cl+3]([O-])([O-])O. The molecule has 10 heteroatoms. The summed E-state index contributed by atoms with van der Waals surface area (Å²) in [6.07, 6.45) is 0. The lowest BCUT2D eigenvalue weighted by atomic mass is 10.2. The van der Waals surface area contributed by atoms with Crippen molar-refractivity contribution in [2.24, 2.45) is 0 Å². The van der Waals surface area contributed by atoms with Gasteiger partial charge in [-0.2, -0.15) is 14.0 Å². The third-order valence-electron chi connectivity index (χ3n) is 6.34. The average Bonchev–Trinajstić information content (AvgIpc) is 3.02. The summed E-state index contributed by atoms with van der Waals surface area (Å²) in [6.45, 7) is 0. The van der Waals surface area contributed by atoms with Crippen LogP contribution in [0.3, 0.4) is 0 Å². The summed E-state index contributed by atoms with van der Waals surface area (Å²) < 4.78 is 32.7. The molecule has 0 fully saturated rings. The van der Waals surface area contributed by atoms with Gasteiger partial charge in [0.05, 0.1) is 14.9 Å². The highest BCUT2D eigenvalue weighted by Gasteiger charge is 2.52. The molecule has 0 aliphatic heterocycles. The van der Waals surface area contributed by atoms with E-state index < -0.39 is 17.5 Å². The zero-order valence-corrected chi connectivity index (χ0v) is 25.7. The van der Waals surface area contributed by atoms with E-state index in [1.165, 1.54) is 0 Å². The van der Waals surface area contributed by atoms with Crippen molar-refractivity contribution in [3.05, 3.63) is 167 Å². The van der Waals surface area contributed by atoms with Crippen molar-refractivity contribution < 1.29 is 33.7 Å². The normalized spacial score (nSPS) is 12.0. The van der Waals surface area contributed by atoms with Crippen LogP contribution in [0.2, 0.25) is 5.02 Å². The van der Waals surface area contributed by atoms with E-state index in [2.05, 4.69) is 41.7 Å². The Morgan fingerprint density at radius 1 is 0.605 bits per heavy atom. The first kappa shape index (κ1) is 32.4. The third kappa shape index (κ3) is 8.30. The fraction of sp³-hybridized carbons (Fsp3) is 0. The number of carbonyl (C=O) groups is 1. The van der Waals surface area contributed by atoms with Gasteiger partial charge in [0.1, 0.15) is 20.9 Å². The first-order valence-electron chi connectivity index (χ1n) is 12.8. The number of hydrogen-bond acceptors (Lipinski definition) is 5. The van der Waals surface area contributed by atoms with Crippen LogP contribution in [-0.4, -0.2) is 10.6 Å². The molecule has 0 aliphatic carbocycles. The minimum Gasteiger partial charge on any atom is -0.291 e. The molecule has 5 rings (SSSR count). The number of halogens is 3. The van der Waals surface area contributed by atoms with E-state index in [1.807, 2.05) is 97.1 Å². The van der Waals surface area contributed by atoms with Crippen molar-refractivity contribution in [2.75, 3.05) is 0 Å². The zero-order chi connectivity index (χ0) is 30.9. The van der Waals surface area contributed by atoms with Crippen molar-refractivity contribution >= 4 is 57.3 Å². The van der Waals surface area contributed by atoms with E-state index in [0.29, 0.717) is 21.1 Å². The summed E-state index contributed by atoms with van der Waals surface area (Å²) in [5, 5.41) is 7.62. The predicted molar refractivity (Wildman–Crippen MR) is 165 cm³/mol. The summed E-state index contributed by atoms with van der Waals surface area (Å²) in [5.74, 6) is -0.222. The number of carbonyl (C=O) groups excluding carboxylic acids is 1. The smallest absolute Gasteiger partial charge is 0.258 e. The van der Waals surface area contributed by atoms with Crippen LogP contribution in [0.4, 0.5) is 0 Å². The van der Waals surface area contributed by atoms with E-state index >= 15 is 0 Å². The Kier molecular flexibility index (Phi) is 11.1. The van der Waals surface area contributed by atoms with Gasteiger partial charge < -0.3 is 0 Å². The molecule has 0 saturated heterocycles. The summed E-state index contributed by atoms with van der Waals surface area (Å²) in [7, 11) is -7.38. The number of amides is 1. The van der Waals surface area contributed by atoms with Gasteiger partial charge >= 0.3 is 0 Å². The molecule has 2 N–H and O–H groups in total. The van der Waals surface area contributed by atoms with E-state index in [9.17, 15) is 4.79 Å². The monoisotopic (exact) mass is 652 g/mol. The molecule has 0 aliphatic rings. The Bertz CT molecular complexity index is 1550. The minimum atomic E-state index is -4.69. The second-order valence-corrected chi connectivity index (χ2v) is 14.0. The lowest BCUT2D eigenvalue weighted by Crippen LogP contribution is -2.58. The fourth-order valence-corrected chi connectivity index (χ4v) is 9.48. The van der Waals surface area contributed by atoms with Crippen LogP contribution in [-0.2, 0) is 0 Å². The highest BCUT2D eigenvalue weighted by Crippen LogP contribution is 2.63. The summed E-state index contributed by atoms with van der Waals surface area (Å²) in [6, 6.07) is 47.5. The van der Waals surface area contributed by atoms with Gasteiger partial charge in [0.15, 0.2) is 12.7 Å². The van der Waals surface area contributed by atoms with Crippen LogP contribution < -0.4 is 35.2 Å². The first-order valence-corrected chi connectivity index (χ1v) is 16.6. The molecule has 0 bridgehead atoms. The van der Waals surface area contributed by atoms with E-state index in [0.717, 1.165) is 21.5 Å². The van der Waals surface area contributed by atoms with Crippen molar-refractivity contribution in [3.8, 4) is 0 Å². The Morgan fingerprint density at radius 3 is 1.33 bits per heavy atom. The lowest BCUT2D eigenvalue weighted by molar-refractivity contribution is -1.92. The maximum atomic E-state index is 13.8. The van der Waals surface area contributed by atoms with Crippen molar-refractivity contribution in [1.82, 2.24) is 5.32 Å². The fourth-order valence-electron chi connectivity index (χ4n) is 4.58. The highest BCUT2D eigenvalue weighted by atomic mass is 35.7. The van der Waals surface area contributed by atoms with Gasteiger partial charge in [-0.3, -0.25) is 10.1 Å². The maximum absolute atomic E-state index is 13.8. The molecule has 0 unspecified atom stereocenters. The molecule has 6 nitrogen and oxygen atoms in total. The number of hydrogen-bond donors (Lipinski definition) is 2. The van der Waals surface area contributed by atoms with Gasteiger partial charge in [0.2, 0.25) is 0 Å². The molecule has 0 spiro atoms. The average molecular weight is 654 g/mol. The number of rotatable bonds is 7. The van der Waals surface area contributed by atoms with Crippen LogP contribution in [0.1, 0.15) is 15.9 Å². The lowest BCUT2D eigenvalue weighted by Gasteiger charge is -2.30. The molecule has 5 aromatic carbocycles. The summed E-state index contributed by atoms with van der Waals surface area (Å²) in [4.78, 5) is 13.8. The van der Waals surface area contributed by atoms with Crippen LogP contribution in [0.5, 0.6) is 0 Å². The Balaban J connectivity index is 0.000000782. The minimum absolute atomic E-state index is 0.222. The highest BCUT2D eigenvalue weighted by molar-refractivity contribution is 7.99. The second kappa shape index (κ2) is 14.8. The van der Waals surface area contributed by atoms with Gasteiger partial charge in [-0.1, -0.05) is 108 Å². The van der Waals surface area contributed by atoms with Gasteiger partial charge in [0, 0.05) is 10.6 Å². The summed E-state index contributed by atoms with van der Waals surface area (Å²) >= 11 is 13.6. The van der Waals surface area contributed by atoms with Gasteiger partial charge in [-0.25, -0.2) is 0 Å². The largest absolute Gasteiger partial charge is 0.291 e. The molecule has 0 aromatic heterocycles. The number of nitrogens with one attached hydrogen (secondary N) is 1. The quantitative estimate of drug-likeness (QED) is 0.261. The van der Waals surface area contributed by atoms with E-state index in [4.69, 9.17) is 41.8 Å².